The zero-order valence-electron chi connectivity index (χ0n) is 7.78. The van der Waals surface area contributed by atoms with Gasteiger partial charge in [-0.05, 0) is 26.2 Å². The number of aliphatic hydroxyl groups is 1. The molecule has 8 heavy (non-hydrogen) atoms. The molecule has 2 nitrogen and oxygen atoms in total. The van der Waals surface area contributed by atoms with E-state index in [1.165, 1.54) is 0 Å². The Morgan fingerprint density at radius 1 is 1.88 bits per heavy atom. The summed E-state index contributed by atoms with van der Waals surface area (Å²) in [5, 5.41) is 12.5. The van der Waals surface area contributed by atoms with Gasteiger partial charge in [-0.15, -0.1) is 0 Å². The number of nitrogens with one attached hydrogen (secondary N) is 1. The third kappa shape index (κ3) is 1.46. The van der Waals surface area contributed by atoms with Crippen LogP contribution in [-0.4, -0.2) is 23.8 Å². The maximum Gasteiger partial charge on any atom is 0.0744 e. The summed E-state index contributed by atoms with van der Waals surface area (Å²) in [6.45, 7) is -1.26. The van der Waals surface area contributed by atoms with Crippen molar-refractivity contribution in [2.24, 2.45) is 0 Å². The fraction of sp³-hybridized carbons (Fsp3) is 1.00. The van der Waals surface area contributed by atoms with Crippen molar-refractivity contribution in [3.8, 4) is 0 Å². The zero-order chi connectivity index (χ0) is 8.54. The molecule has 0 aromatic carbocycles. The van der Waals surface area contributed by atoms with E-state index in [0.29, 0.717) is 6.42 Å². The molecule has 0 amide bonds. The molecule has 1 aliphatic rings. The van der Waals surface area contributed by atoms with Gasteiger partial charge in [-0.1, -0.05) is 0 Å². The second kappa shape index (κ2) is 2.03. The largest absolute Gasteiger partial charge is 0.389 e. The van der Waals surface area contributed by atoms with E-state index in [1.54, 1.807) is 0 Å². The first-order chi connectivity index (χ1) is 4.96. The maximum absolute atomic E-state index is 9.58. The third-order valence-electron chi connectivity index (χ3n) is 1.36. The lowest BCUT2D eigenvalue weighted by Gasteiger charge is -2.28. The Bertz CT molecular complexity index is 139. The van der Waals surface area contributed by atoms with Gasteiger partial charge in [-0.3, -0.25) is 0 Å². The van der Waals surface area contributed by atoms with Crippen molar-refractivity contribution >= 4 is 0 Å². The fourth-order valence-corrected chi connectivity index (χ4v) is 0.889. The normalized spacial score (nSPS) is 46.9. The minimum atomic E-state index is -2.25. The predicted octanol–water partition coefficient (Wildman–Crippen LogP) is 0.121. The summed E-state index contributed by atoms with van der Waals surface area (Å²) in [6, 6.07) is 0. The van der Waals surface area contributed by atoms with Gasteiger partial charge >= 0.3 is 0 Å². The molecule has 48 valence electrons. The molecule has 1 atom stereocenters. The van der Waals surface area contributed by atoms with Crippen LogP contribution in [0.1, 0.15) is 23.8 Å². The van der Waals surface area contributed by atoms with Crippen LogP contribution < -0.4 is 5.32 Å². The van der Waals surface area contributed by atoms with E-state index in [0.717, 1.165) is 13.0 Å². The standard InChI is InChI=1S/C6H13NO/c1-6(8)3-2-4-7-5-6/h7-8H,2-5H2,1H3/i1D3. The Morgan fingerprint density at radius 2 is 2.75 bits per heavy atom. The monoisotopic (exact) mass is 118 g/mol. The highest BCUT2D eigenvalue weighted by molar-refractivity contribution is 4.79. The number of hydrogen-bond acceptors (Lipinski definition) is 2. The van der Waals surface area contributed by atoms with Gasteiger partial charge in [0.1, 0.15) is 0 Å². The van der Waals surface area contributed by atoms with Crippen LogP contribution in [0.3, 0.4) is 0 Å². The maximum atomic E-state index is 9.58. The summed E-state index contributed by atoms with van der Waals surface area (Å²) in [7, 11) is 0. The number of hydrogen-bond donors (Lipinski definition) is 2. The van der Waals surface area contributed by atoms with Crippen LogP contribution in [0.25, 0.3) is 0 Å². The van der Waals surface area contributed by atoms with E-state index in [1.807, 2.05) is 0 Å². The van der Waals surface area contributed by atoms with E-state index in [9.17, 15) is 5.11 Å². The molecule has 0 aromatic rings. The second-order valence-electron chi connectivity index (χ2n) is 2.31. The number of piperidine rings is 1. The second-order valence-corrected chi connectivity index (χ2v) is 2.31. The molecule has 0 aliphatic carbocycles. The van der Waals surface area contributed by atoms with E-state index in [-0.39, 0.29) is 6.54 Å². The van der Waals surface area contributed by atoms with E-state index in [4.69, 9.17) is 4.11 Å². The average molecular weight is 118 g/mol. The minimum Gasteiger partial charge on any atom is -0.389 e. The molecule has 0 saturated carbocycles. The summed E-state index contributed by atoms with van der Waals surface area (Å²) in [5.41, 5.74) is -1.49. The van der Waals surface area contributed by atoms with E-state index >= 15 is 0 Å². The lowest BCUT2D eigenvalue weighted by Crippen LogP contribution is -2.42. The van der Waals surface area contributed by atoms with Crippen LogP contribution in [0.4, 0.5) is 0 Å². The van der Waals surface area contributed by atoms with Gasteiger partial charge in [0.25, 0.3) is 0 Å². The van der Waals surface area contributed by atoms with Crippen molar-refractivity contribution in [1.82, 2.24) is 5.32 Å². The quantitative estimate of drug-likeness (QED) is 0.473. The Hall–Kier alpha value is -0.0800. The highest BCUT2D eigenvalue weighted by Gasteiger charge is 2.21. The first-order valence-corrected chi connectivity index (χ1v) is 2.89. The first-order valence-electron chi connectivity index (χ1n) is 4.39. The SMILES string of the molecule is [2H]C([2H])([2H])C1(O)CCCNC1. The molecule has 1 unspecified atom stereocenters. The Morgan fingerprint density at radius 3 is 3.12 bits per heavy atom. The van der Waals surface area contributed by atoms with Crippen molar-refractivity contribution in [2.75, 3.05) is 13.1 Å². The van der Waals surface area contributed by atoms with Crippen LogP contribution in [-0.2, 0) is 0 Å². The highest BCUT2D eigenvalue weighted by atomic mass is 16.3. The Kier molecular flexibility index (Phi) is 0.809. The summed E-state index contributed by atoms with van der Waals surface area (Å²) >= 11 is 0. The van der Waals surface area contributed by atoms with E-state index in [2.05, 4.69) is 5.32 Å². The van der Waals surface area contributed by atoms with Gasteiger partial charge in [0.05, 0.1) is 5.60 Å². The molecule has 0 radical (unpaired) electrons. The average Bonchev–Trinajstić information content (AvgIpc) is 1.87. The van der Waals surface area contributed by atoms with Gasteiger partial charge in [-0.2, -0.15) is 0 Å². The minimum absolute atomic E-state index is 0.184. The molecule has 2 N–H and O–H groups in total. The molecule has 1 heterocycles. The van der Waals surface area contributed by atoms with Crippen molar-refractivity contribution in [1.29, 1.82) is 0 Å². The molecular weight excluding hydrogens is 102 g/mol. The summed E-state index contributed by atoms with van der Waals surface area (Å²) in [6.07, 6.45) is 1.10. The topological polar surface area (TPSA) is 32.3 Å². The molecule has 0 bridgehead atoms. The fourth-order valence-electron chi connectivity index (χ4n) is 0.889. The first kappa shape index (κ1) is 3.18. The van der Waals surface area contributed by atoms with Gasteiger partial charge in [0, 0.05) is 10.7 Å². The van der Waals surface area contributed by atoms with Gasteiger partial charge < -0.3 is 10.4 Å². The van der Waals surface area contributed by atoms with Crippen LogP contribution >= 0.6 is 0 Å². The van der Waals surface area contributed by atoms with Crippen molar-refractivity contribution in [3.05, 3.63) is 0 Å². The zero-order valence-corrected chi connectivity index (χ0v) is 4.78. The smallest absolute Gasteiger partial charge is 0.0744 e. The van der Waals surface area contributed by atoms with E-state index < -0.39 is 12.5 Å². The predicted molar refractivity (Wildman–Crippen MR) is 32.7 cm³/mol. The molecule has 1 fully saturated rings. The Balaban J connectivity index is 2.64. The Labute approximate surface area is 54.1 Å². The molecule has 1 aliphatic heterocycles. The van der Waals surface area contributed by atoms with Crippen molar-refractivity contribution in [2.45, 2.75) is 25.3 Å². The lowest BCUT2D eigenvalue weighted by atomic mass is 9.97. The van der Waals surface area contributed by atoms with Gasteiger partial charge in [0.15, 0.2) is 0 Å². The molecule has 0 aromatic heterocycles. The van der Waals surface area contributed by atoms with Gasteiger partial charge in [0.2, 0.25) is 0 Å². The molecule has 1 rings (SSSR count). The van der Waals surface area contributed by atoms with Crippen molar-refractivity contribution in [3.63, 3.8) is 0 Å². The number of β-amino-alcohol motifs (C(OH)–C–C–N with tert-alkyl or cyclic N) is 1. The molecule has 1 saturated heterocycles. The summed E-state index contributed by atoms with van der Waals surface area (Å²) in [5.74, 6) is 0. The third-order valence-corrected chi connectivity index (χ3v) is 1.36. The molecule has 0 spiro atoms. The lowest BCUT2D eigenvalue weighted by molar-refractivity contribution is 0.0351. The van der Waals surface area contributed by atoms with Crippen LogP contribution in [0, 0.1) is 0 Å². The summed E-state index contributed by atoms with van der Waals surface area (Å²) in [4.78, 5) is 0. The van der Waals surface area contributed by atoms with Crippen LogP contribution in [0.15, 0.2) is 0 Å². The summed E-state index contributed by atoms with van der Waals surface area (Å²) < 4.78 is 21.2. The highest BCUT2D eigenvalue weighted by Crippen LogP contribution is 2.13. The van der Waals surface area contributed by atoms with Crippen LogP contribution in [0.5, 0.6) is 0 Å². The molecular formula is C6H13NO. The van der Waals surface area contributed by atoms with Crippen molar-refractivity contribution < 1.29 is 9.22 Å². The molecule has 2 heteroatoms. The van der Waals surface area contributed by atoms with Gasteiger partial charge in [-0.25, -0.2) is 0 Å². The number of rotatable bonds is 0. The van der Waals surface area contributed by atoms with Crippen LogP contribution in [0.2, 0.25) is 0 Å².